The van der Waals surface area contributed by atoms with Gasteiger partial charge in [0.15, 0.2) is 0 Å². The zero-order valence-electron chi connectivity index (χ0n) is 10.8. The average molecular weight is 252 g/mol. The van der Waals surface area contributed by atoms with E-state index >= 15 is 0 Å². The number of nitrogens with zero attached hydrogens (tertiary/aromatic N) is 1. The van der Waals surface area contributed by atoms with Crippen LogP contribution in [-0.4, -0.2) is 49.3 Å². The van der Waals surface area contributed by atoms with Crippen molar-refractivity contribution in [2.45, 2.75) is 6.92 Å². The van der Waals surface area contributed by atoms with Gasteiger partial charge in [-0.1, -0.05) is 6.07 Å². The van der Waals surface area contributed by atoms with E-state index in [1.54, 1.807) is 19.2 Å². The zero-order chi connectivity index (χ0) is 13.5. The Morgan fingerprint density at radius 2 is 2.17 bits per heavy atom. The summed E-state index contributed by atoms with van der Waals surface area (Å²) in [5.74, 6) is -0.182. The lowest BCUT2D eigenvalue weighted by atomic mass is 10.1. The smallest absolute Gasteiger partial charge is 0.256 e. The molecule has 1 aromatic carbocycles. The number of methoxy groups -OCH3 is 1. The van der Waals surface area contributed by atoms with E-state index in [0.717, 1.165) is 5.56 Å². The molecule has 0 saturated heterocycles. The van der Waals surface area contributed by atoms with E-state index in [-0.39, 0.29) is 19.1 Å². The van der Waals surface area contributed by atoms with Gasteiger partial charge in [0.25, 0.3) is 5.91 Å². The van der Waals surface area contributed by atoms with Crippen molar-refractivity contribution in [3.8, 4) is 0 Å². The maximum absolute atomic E-state index is 12.3. The number of hydrogen-bond donors (Lipinski definition) is 2. The molecule has 0 atom stereocenters. The highest BCUT2D eigenvalue weighted by Crippen LogP contribution is 2.16. The molecule has 0 bridgehead atoms. The standard InChI is InChI=1S/C13H20N2O3/c1-10-3-4-11(12(14)9-10)13(17)15(5-7-16)6-8-18-2/h3-4,9,16H,5-8,14H2,1-2H3. The predicted octanol–water partition coefficient (Wildman–Crippen LogP) is 0.658. The summed E-state index contributed by atoms with van der Waals surface area (Å²) >= 11 is 0. The molecular formula is C13H20N2O3. The van der Waals surface area contributed by atoms with Crippen LogP contribution in [0.3, 0.4) is 0 Å². The number of nitrogens with two attached hydrogens (primary N) is 1. The molecule has 3 N–H and O–H groups in total. The lowest BCUT2D eigenvalue weighted by molar-refractivity contribution is 0.0657. The van der Waals surface area contributed by atoms with Gasteiger partial charge in [-0.15, -0.1) is 0 Å². The first-order valence-electron chi connectivity index (χ1n) is 5.85. The van der Waals surface area contributed by atoms with E-state index in [0.29, 0.717) is 24.4 Å². The van der Waals surface area contributed by atoms with Crippen LogP contribution in [-0.2, 0) is 4.74 Å². The molecular weight excluding hydrogens is 232 g/mol. The predicted molar refractivity (Wildman–Crippen MR) is 70.5 cm³/mol. The molecule has 0 spiro atoms. The van der Waals surface area contributed by atoms with Gasteiger partial charge in [-0.05, 0) is 24.6 Å². The second kappa shape index (κ2) is 6.98. The van der Waals surface area contributed by atoms with Crippen LogP contribution in [0.1, 0.15) is 15.9 Å². The number of rotatable bonds is 6. The lowest BCUT2D eigenvalue weighted by Crippen LogP contribution is -2.36. The van der Waals surface area contributed by atoms with E-state index in [1.165, 1.54) is 4.90 Å². The van der Waals surface area contributed by atoms with E-state index in [1.807, 2.05) is 13.0 Å². The first-order chi connectivity index (χ1) is 8.60. The average Bonchev–Trinajstić information content (AvgIpc) is 2.33. The monoisotopic (exact) mass is 252 g/mol. The van der Waals surface area contributed by atoms with Gasteiger partial charge in [-0.3, -0.25) is 4.79 Å². The third-order valence-electron chi connectivity index (χ3n) is 2.66. The summed E-state index contributed by atoms with van der Waals surface area (Å²) in [7, 11) is 1.57. The maximum atomic E-state index is 12.3. The van der Waals surface area contributed by atoms with Crippen molar-refractivity contribution in [3.05, 3.63) is 29.3 Å². The van der Waals surface area contributed by atoms with Gasteiger partial charge < -0.3 is 20.5 Å². The molecule has 1 amide bonds. The molecule has 0 unspecified atom stereocenters. The van der Waals surface area contributed by atoms with Crippen LogP contribution < -0.4 is 5.73 Å². The first-order valence-corrected chi connectivity index (χ1v) is 5.85. The number of carbonyl (C=O) groups is 1. The normalized spacial score (nSPS) is 10.4. The molecule has 5 heteroatoms. The highest BCUT2D eigenvalue weighted by molar-refractivity contribution is 5.99. The third kappa shape index (κ3) is 3.72. The molecule has 18 heavy (non-hydrogen) atoms. The Morgan fingerprint density at radius 1 is 1.44 bits per heavy atom. The minimum absolute atomic E-state index is 0.0821. The van der Waals surface area contributed by atoms with Crippen molar-refractivity contribution < 1.29 is 14.6 Å². The maximum Gasteiger partial charge on any atom is 0.256 e. The van der Waals surface area contributed by atoms with Crippen LogP contribution in [0.5, 0.6) is 0 Å². The van der Waals surface area contributed by atoms with Crippen LogP contribution in [0.15, 0.2) is 18.2 Å². The minimum Gasteiger partial charge on any atom is -0.398 e. The topological polar surface area (TPSA) is 75.8 Å². The van der Waals surface area contributed by atoms with Crippen LogP contribution in [0.25, 0.3) is 0 Å². The van der Waals surface area contributed by atoms with Crippen LogP contribution in [0, 0.1) is 6.92 Å². The van der Waals surface area contributed by atoms with Crippen molar-refractivity contribution in [2.24, 2.45) is 0 Å². The number of aryl methyl sites for hydroxylation is 1. The number of hydrogen-bond acceptors (Lipinski definition) is 4. The number of carbonyl (C=O) groups excluding carboxylic acids is 1. The van der Waals surface area contributed by atoms with Gasteiger partial charge in [0, 0.05) is 25.9 Å². The molecule has 0 aliphatic carbocycles. The fraction of sp³-hybridized carbons (Fsp3) is 0.462. The molecule has 1 aromatic rings. The number of ether oxygens (including phenoxy) is 1. The Balaban J connectivity index is 2.87. The van der Waals surface area contributed by atoms with Crippen molar-refractivity contribution in [1.29, 1.82) is 0 Å². The van der Waals surface area contributed by atoms with Gasteiger partial charge >= 0.3 is 0 Å². The quantitative estimate of drug-likeness (QED) is 0.729. The molecule has 0 aromatic heterocycles. The number of benzene rings is 1. The summed E-state index contributed by atoms with van der Waals surface area (Å²) in [4.78, 5) is 13.8. The largest absolute Gasteiger partial charge is 0.398 e. The molecule has 0 saturated carbocycles. The van der Waals surface area contributed by atoms with Gasteiger partial charge in [0.1, 0.15) is 0 Å². The van der Waals surface area contributed by atoms with E-state index in [4.69, 9.17) is 15.6 Å². The van der Waals surface area contributed by atoms with Crippen molar-refractivity contribution in [2.75, 3.05) is 39.1 Å². The van der Waals surface area contributed by atoms with Crippen LogP contribution >= 0.6 is 0 Å². The third-order valence-corrected chi connectivity index (χ3v) is 2.66. The number of aliphatic hydroxyl groups excluding tert-OH is 1. The summed E-state index contributed by atoms with van der Waals surface area (Å²) < 4.78 is 4.95. The number of anilines is 1. The van der Waals surface area contributed by atoms with Crippen molar-refractivity contribution >= 4 is 11.6 Å². The van der Waals surface area contributed by atoms with Gasteiger partial charge in [-0.2, -0.15) is 0 Å². The fourth-order valence-corrected chi connectivity index (χ4v) is 1.68. The van der Waals surface area contributed by atoms with E-state index < -0.39 is 0 Å². The Bertz CT molecular complexity index is 407. The molecule has 0 fully saturated rings. The number of aliphatic hydroxyl groups is 1. The Labute approximate surface area is 107 Å². The fourth-order valence-electron chi connectivity index (χ4n) is 1.68. The summed E-state index contributed by atoms with van der Waals surface area (Å²) in [5.41, 5.74) is 7.77. The molecule has 0 heterocycles. The highest BCUT2D eigenvalue weighted by Gasteiger charge is 2.17. The number of amides is 1. The Kier molecular flexibility index (Phi) is 5.61. The molecule has 100 valence electrons. The lowest BCUT2D eigenvalue weighted by Gasteiger charge is -2.22. The summed E-state index contributed by atoms with van der Waals surface area (Å²) in [5, 5.41) is 8.98. The van der Waals surface area contributed by atoms with E-state index in [9.17, 15) is 4.79 Å². The minimum atomic E-state index is -0.182. The molecule has 0 aliphatic rings. The molecule has 5 nitrogen and oxygen atoms in total. The SMILES string of the molecule is COCCN(CCO)C(=O)c1ccc(C)cc1N. The summed E-state index contributed by atoms with van der Waals surface area (Å²) in [6, 6.07) is 5.32. The molecule has 0 aliphatic heterocycles. The van der Waals surface area contributed by atoms with Gasteiger partial charge in [0.05, 0.1) is 18.8 Å². The van der Waals surface area contributed by atoms with Crippen LogP contribution in [0.4, 0.5) is 5.69 Å². The second-order valence-electron chi connectivity index (χ2n) is 4.10. The zero-order valence-corrected chi connectivity index (χ0v) is 10.8. The molecule has 1 rings (SSSR count). The summed E-state index contributed by atoms with van der Waals surface area (Å²) in [6.45, 7) is 2.97. The van der Waals surface area contributed by atoms with E-state index in [2.05, 4.69) is 0 Å². The Morgan fingerprint density at radius 3 is 2.72 bits per heavy atom. The Hall–Kier alpha value is -1.59. The summed E-state index contributed by atoms with van der Waals surface area (Å²) in [6.07, 6.45) is 0. The van der Waals surface area contributed by atoms with Crippen LogP contribution in [0.2, 0.25) is 0 Å². The van der Waals surface area contributed by atoms with Gasteiger partial charge in [-0.25, -0.2) is 0 Å². The molecule has 0 radical (unpaired) electrons. The second-order valence-corrected chi connectivity index (χ2v) is 4.10. The van der Waals surface area contributed by atoms with Crippen molar-refractivity contribution in [1.82, 2.24) is 4.90 Å². The van der Waals surface area contributed by atoms with Gasteiger partial charge in [0.2, 0.25) is 0 Å². The van der Waals surface area contributed by atoms with Crippen molar-refractivity contribution in [3.63, 3.8) is 0 Å². The highest BCUT2D eigenvalue weighted by atomic mass is 16.5. The number of nitrogen functional groups attached to an aromatic ring is 1. The first kappa shape index (κ1) is 14.5.